The van der Waals surface area contributed by atoms with Gasteiger partial charge in [0.05, 0.1) is 0 Å². The minimum atomic E-state index is -0.378. The SMILES string of the molecule is CC(C)(N)CNC(=O)C1CC1c1ccc2c(c1)OCCO2. The fourth-order valence-corrected chi connectivity index (χ4v) is 2.59. The summed E-state index contributed by atoms with van der Waals surface area (Å²) in [6.07, 6.45) is 0.885. The van der Waals surface area contributed by atoms with Crippen LogP contribution in [-0.2, 0) is 4.79 Å². The number of fused-ring (bicyclic) bond motifs is 1. The number of hydrogen-bond donors (Lipinski definition) is 2. The van der Waals surface area contributed by atoms with Crippen molar-refractivity contribution in [3.63, 3.8) is 0 Å². The van der Waals surface area contributed by atoms with E-state index < -0.39 is 0 Å². The average molecular weight is 290 g/mol. The van der Waals surface area contributed by atoms with Gasteiger partial charge in [-0.25, -0.2) is 0 Å². The van der Waals surface area contributed by atoms with E-state index >= 15 is 0 Å². The first kappa shape index (κ1) is 14.2. The lowest BCUT2D eigenvalue weighted by Gasteiger charge is -2.19. The van der Waals surface area contributed by atoms with Gasteiger partial charge in [0.25, 0.3) is 0 Å². The van der Waals surface area contributed by atoms with Crippen LogP contribution < -0.4 is 20.5 Å². The summed E-state index contributed by atoms with van der Waals surface area (Å²) in [6, 6.07) is 5.96. The molecule has 21 heavy (non-hydrogen) atoms. The molecule has 1 aliphatic carbocycles. The number of amides is 1. The van der Waals surface area contributed by atoms with Gasteiger partial charge in [-0.2, -0.15) is 0 Å². The number of carbonyl (C=O) groups excluding carboxylic acids is 1. The van der Waals surface area contributed by atoms with Crippen molar-refractivity contribution in [2.45, 2.75) is 31.7 Å². The highest BCUT2D eigenvalue weighted by molar-refractivity contribution is 5.83. The molecule has 0 radical (unpaired) electrons. The van der Waals surface area contributed by atoms with Crippen molar-refractivity contribution < 1.29 is 14.3 Å². The molecule has 5 heteroatoms. The van der Waals surface area contributed by atoms with Crippen LogP contribution in [0.5, 0.6) is 11.5 Å². The maximum atomic E-state index is 12.1. The topological polar surface area (TPSA) is 73.6 Å². The van der Waals surface area contributed by atoms with Crippen molar-refractivity contribution in [1.29, 1.82) is 0 Å². The number of hydrogen-bond acceptors (Lipinski definition) is 4. The van der Waals surface area contributed by atoms with Gasteiger partial charge in [0, 0.05) is 18.0 Å². The maximum Gasteiger partial charge on any atom is 0.223 e. The van der Waals surface area contributed by atoms with E-state index in [-0.39, 0.29) is 23.3 Å². The first-order chi connectivity index (χ1) is 9.94. The summed E-state index contributed by atoms with van der Waals surface area (Å²) in [5.74, 6) is 1.99. The molecule has 0 saturated heterocycles. The fraction of sp³-hybridized carbons (Fsp3) is 0.562. The summed E-state index contributed by atoms with van der Waals surface area (Å²) in [6.45, 7) is 5.47. The van der Waals surface area contributed by atoms with Crippen molar-refractivity contribution in [2.24, 2.45) is 11.7 Å². The third kappa shape index (κ3) is 3.29. The summed E-state index contributed by atoms with van der Waals surface area (Å²) in [7, 11) is 0. The standard InChI is InChI=1S/C16H22N2O3/c1-16(2,17)9-18-15(19)12-8-11(12)10-3-4-13-14(7-10)21-6-5-20-13/h3-4,7,11-12H,5-6,8-9,17H2,1-2H3,(H,18,19). The lowest BCUT2D eigenvalue weighted by Crippen LogP contribution is -2.45. The number of benzene rings is 1. The van der Waals surface area contributed by atoms with E-state index in [0.717, 1.165) is 23.5 Å². The van der Waals surface area contributed by atoms with Crippen LogP contribution in [0.15, 0.2) is 18.2 Å². The molecular weight excluding hydrogens is 268 g/mol. The van der Waals surface area contributed by atoms with Crippen LogP contribution >= 0.6 is 0 Å². The van der Waals surface area contributed by atoms with Crippen LogP contribution in [-0.4, -0.2) is 31.2 Å². The van der Waals surface area contributed by atoms with Gasteiger partial charge < -0.3 is 20.5 Å². The molecule has 1 aromatic rings. The molecule has 1 fully saturated rings. The molecular formula is C16H22N2O3. The summed E-state index contributed by atoms with van der Waals surface area (Å²) in [4.78, 5) is 12.1. The summed E-state index contributed by atoms with van der Waals surface area (Å²) >= 11 is 0. The van der Waals surface area contributed by atoms with Gasteiger partial charge >= 0.3 is 0 Å². The zero-order valence-corrected chi connectivity index (χ0v) is 12.5. The van der Waals surface area contributed by atoms with Gasteiger partial charge in [-0.3, -0.25) is 4.79 Å². The molecule has 2 aliphatic rings. The van der Waals surface area contributed by atoms with Crippen molar-refractivity contribution in [3.05, 3.63) is 23.8 Å². The molecule has 3 rings (SSSR count). The highest BCUT2D eigenvalue weighted by Crippen LogP contribution is 2.49. The molecule has 1 heterocycles. The number of carbonyl (C=O) groups is 1. The highest BCUT2D eigenvalue weighted by Gasteiger charge is 2.44. The Morgan fingerprint density at radius 2 is 2.05 bits per heavy atom. The largest absolute Gasteiger partial charge is 0.486 e. The highest BCUT2D eigenvalue weighted by atomic mass is 16.6. The zero-order valence-electron chi connectivity index (χ0n) is 12.5. The third-order valence-electron chi connectivity index (χ3n) is 3.84. The van der Waals surface area contributed by atoms with Gasteiger partial charge in [0.1, 0.15) is 13.2 Å². The Morgan fingerprint density at radius 1 is 1.33 bits per heavy atom. The molecule has 0 spiro atoms. The van der Waals surface area contributed by atoms with Crippen molar-refractivity contribution in [1.82, 2.24) is 5.32 Å². The fourth-order valence-electron chi connectivity index (χ4n) is 2.59. The molecule has 0 aromatic heterocycles. The van der Waals surface area contributed by atoms with Gasteiger partial charge in [-0.05, 0) is 43.9 Å². The van der Waals surface area contributed by atoms with E-state index in [9.17, 15) is 4.79 Å². The minimum Gasteiger partial charge on any atom is -0.486 e. The van der Waals surface area contributed by atoms with Crippen LogP contribution in [0, 0.1) is 5.92 Å². The predicted octanol–water partition coefficient (Wildman–Crippen LogP) is 1.41. The van der Waals surface area contributed by atoms with Gasteiger partial charge in [-0.1, -0.05) is 6.07 Å². The van der Waals surface area contributed by atoms with Crippen molar-refractivity contribution in [2.75, 3.05) is 19.8 Å². The maximum absolute atomic E-state index is 12.1. The number of nitrogens with two attached hydrogens (primary N) is 1. The first-order valence-electron chi connectivity index (χ1n) is 7.40. The predicted molar refractivity (Wildman–Crippen MR) is 79.6 cm³/mol. The molecule has 2 unspecified atom stereocenters. The molecule has 3 N–H and O–H groups in total. The van der Waals surface area contributed by atoms with Crippen LogP contribution in [0.4, 0.5) is 0 Å². The van der Waals surface area contributed by atoms with E-state index in [2.05, 4.69) is 5.32 Å². The Labute approximate surface area is 124 Å². The molecule has 5 nitrogen and oxygen atoms in total. The number of ether oxygens (including phenoxy) is 2. The second-order valence-corrected chi connectivity index (χ2v) is 6.56. The second-order valence-electron chi connectivity index (χ2n) is 6.56. The smallest absolute Gasteiger partial charge is 0.223 e. The number of nitrogens with one attached hydrogen (secondary N) is 1. The Kier molecular flexibility index (Phi) is 3.53. The van der Waals surface area contributed by atoms with Crippen LogP contribution in [0.1, 0.15) is 31.7 Å². The Hall–Kier alpha value is -1.75. The van der Waals surface area contributed by atoms with E-state index in [1.54, 1.807) is 0 Å². The summed E-state index contributed by atoms with van der Waals surface area (Å²) in [5, 5.41) is 2.93. The van der Waals surface area contributed by atoms with Crippen LogP contribution in [0.2, 0.25) is 0 Å². The molecule has 114 valence electrons. The van der Waals surface area contributed by atoms with Gasteiger partial charge in [0.15, 0.2) is 11.5 Å². The van der Waals surface area contributed by atoms with Gasteiger partial charge in [-0.15, -0.1) is 0 Å². The monoisotopic (exact) mass is 290 g/mol. The molecule has 0 bridgehead atoms. The van der Waals surface area contributed by atoms with Crippen LogP contribution in [0.3, 0.4) is 0 Å². The van der Waals surface area contributed by atoms with Gasteiger partial charge in [0.2, 0.25) is 5.91 Å². The van der Waals surface area contributed by atoms with E-state index in [1.807, 2.05) is 32.0 Å². The van der Waals surface area contributed by atoms with E-state index in [4.69, 9.17) is 15.2 Å². The molecule has 1 saturated carbocycles. The average Bonchev–Trinajstić information content (AvgIpc) is 3.24. The molecule has 1 amide bonds. The summed E-state index contributed by atoms with van der Waals surface area (Å²) in [5.41, 5.74) is 6.65. The zero-order chi connectivity index (χ0) is 15.0. The molecule has 2 atom stereocenters. The Bertz CT molecular complexity index is 551. The molecule has 1 aliphatic heterocycles. The second kappa shape index (κ2) is 5.22. The quantitative estimate of drug-likeness (QED) is 0.879. The summed E-state index contributed by atoms with van der Waals surface area (Å²) < 4.78 is 11.1. The van der Waals surface area contributed by atoms with Crippen molar-refractivity contribution in [3.8, 4) is 11.5 Å². The Balaban J connectivity index is 1.61. The van der Waals surface area contributed by atoms with Crippen LogP contribution in [0.25, 0.3) is 0 Å². The Morgan fingerprint density at radius 3 is 2.76 bits per heavy atom. The number of rotatable bonds is 4. The van der Waals surface area contributed by atoms with E-state index in [1.165, 1.54) is 0 Å². The first-order valence-corrected chi connectivity index (χ1v) is 7.40. The normalized spacial score (nSPS) is 23.6. The molecule has 1 aromatic carbocycles. The van der Waals surface area contributed by atoms with Crippen molar-refractivity contribution >= 4 is 5.91 Å². The third-order valence-corrected chi connectivity index (χ3v) is 3.84. The van der Waals surface area contributed by atoms with E-state index in [0.29, 0.717) is 19.8 Å². The lowest BCUT2D eigenvalue weighted by molar-refractivity contribution is -0.122. The minimum absolute atomic E-state index is 0.0508. The lowest BCUT2D eigenvalue weighted by atomic mass is 10.1.